The second kappa shape index (κ2) is 12.6. The molecule has 1 atom stereocenters. The SMILES string of the molecule is CC(C)[C@H](C1CCN(CC2CC(O)C2)CC1)N1CC2(CCN(c3ncnnc3Oc3ccc(F)cc3-c3cncnc3C3CC3)C2)C1. The van der Waals surface area contributed by atoms with Gasteiger partial charge >= 0.3 is 0 Å². The maximum Gasteiger partial charge on any atom is 0.282 e. The summed E-state index contributed by atoms with van der Waals surface area (Å²) in [5, 5.41) is 18.1. The van der Waals surface area contributed by atoms with E-state index in [2.05, 4.69) is 53.7 Å². The number of anilines is 1. The van der Waals surface area contributed by atoms with Crippen molar-refractivity contribution in [1.29, 1.82) is 0 Å². The number of hydrogen-bond donors (Lipinski definition) is 1. The minimum Gasteiger partial charge on any atom is -0.434 e. The van der Waals surface area contributed by atoms with E-state index < -0.39 is 0 Å². The fourth-order valence-electron chi connectivity index (χ4n) is 9.03. The molecule has 0 radical (unpaired) electrons. The summed E-state index contributed by atoms with van der Waals surface area (Å²) in [5.41, 5.74) is 2.58. The fourth-order valence-corrected chi connectivity index (χ4v) is 9.03. The lowest BCUT2D eigenvalue weighted by Crippen LogP contribution is -2.64. The first-order valence-electron chi connectivity index (χ1n) is 17.7. The number of aromatic nitrogens is 5. The molecule has 47 heavy (non-hydrogen) atoms. The molecule has 0 amide bonds. The van der Waals surface area contributed by atoms with Crippen molar-refractivity contribution in [2.75, 3.05) is 50.7 Å². The highest BCUT2D eigenvalue weighted by Gasteiger charge is 2.51. The lowest BCUT2D eigenvalue weighted by Gasteiger charge is -2.55. The van der Waals surface area contributed by atoms with Crippen LogP contribution in [0.1, 0.15) is 70.4 Å². The van der Waals surface area contributed by atoms with Gasteiger partial charge in [0.25, 0.3) is 5.88 Å². The van der Waals surface area contributed by atoms with Gasteiger partial charge in [0.2, 0.25) is 0 Å². The Bertz CT molecular complexity index is 1570. The first-order chi connectivity index (χ1) is 22.8. The Morgan fingerprint density at radius 2 is 1.81 bits per heavy atom. The normalized spacial score (nSPS) is 25.6. The predicted molar refractivity (Wildman–Crippen MR) is 177 cm³/mol. The maximum atomic E-state index is 14.6. The Morgan fingerprint density at radius 1 is 1.00 bits per heavy atom. The average Bonchev–Trinajstić information content (AvgIpc) is 3.80. The van der Waals surface area contributed by atoms with Crippen LogP contribution in [0.15, 0.2) is 37.1 Å². The van der Waals surface area contributed by atoms with Crippen LogP contribution in [0.4, 0.5) is 10.2 Å². The number of likely N-dealkylation sites (tertiary alicyclic amines) is 2. The molecule has 3 aliphatic heterocycles. The molecule has 5 fully saturated rings. The summed E-state index contributed by atoms with van der Waals surface area (Å²) in [4.78, 5) is 21.1. The highest BCUT2D eigenvalue weighted by Crippen LogP contribution is 2.48. The highest BCUT2D eigenvalue weighted by atomic mass is 19.1. The Labute approximate surface area is 276 Å². The van der Waals surface area contributed by atoms with Crippen LogP contribution >= 0.6 is 0 Å². The molecular weight excluding hydrogens is 595 g/mol. The standard InChI is InChI=1S/C36H47FN8O2/c1-23(2)33(26-7-10-43(11-8-26)17-24-13-28(46)14-24)45-19-36(20-45)9-12-44(18-36)34-35(42-41-22-40-34)47-31-6-5-27(37)15-29(31)30-16-38-21-39-32(30)25-3-4-25/h5-6,15-16,21-26,28,33,46H,3-4,7-14,17-20H2,1-2H3/t24?,28?,33-/m1/s1. The van der Waals surface area contributed by atoms with E-state index >= 15 is 0 Å². The third-order valence-electron chi connectivity index (χ3n) is 11.5. The van der Waals surface area contributed by atoms with Crippen molar-refractivity contribution in [2.45, 2.75) is 76.9 Å². The molecule has 3 aromatic rings. The number of aliphatic hydroxyl groups is 1. The summed E-state index contributed by atoms with van der Waals surface area (Å²) in [6.45, 7) is 12.3. The molecule has 2 saturated carbocycles. The Morgan fingerprint density at radius 3 is 2.55 bits per heavy atom. The molecule has 1 spiro atoms. The molecule has 10 nitrogen and oxygen atoms in total. The van der Waals surface area contributed by atoms with Crippen molar-refractivity contribution >= 4 is 5.82 Å². The van der Waals surface area contributed by atoms with Crippen LogP contribution < -0.4 is 9.64 Å². The first kappa shape index (κ1) is 31.0. The van der Waals surface area contributed by atoms with Gasteiger partial charge in [-0.2, -0.15) is 0 Å². The van der Waals surface area contributed by atoms with Gasteiger partial charge in [0, 0.05) is 67.4 Å². The molecular formula is C36H47FN8O2. The van der Waals surface area contributed by atoms with Gasteiger partial charge in [0.15, 0.2) is 5.82 Å². The van der Waals surface area contributed by atoms with Gasteiger partial charge in [-0.15, -0.1) is 10.2 Å². The van der Waals surface area contributed by atoms with Gasteiger partial charge < -0.3 is 19.6 Å². The molecule has 3 saturated heterocycles. The number of ether oxygens (including phenoxy) is 1. The summed E-state index contributed by atoms with van der Waals surface area (Å²) >= 11 is 0. The smallest absolute Gasteiger partial charge is 0.282 e. The molecule has 5 aliphatic rings. The number of halogens is 1. The zero-order valence-electron chi connectivity index (χ0n) is 27.6. The minimum absolute atomic E-state index is 0.0594. The molecule has 2 aromatic heterocycles. The number of nitrogens with zero attached hydrogens (tertiary/aromatic N) is 8. The van der Waals surface area contributed by atoms with Gasteiger partial charge in [-0.3, -0.25) is 4.90 Å². The number of hydrogen-bond acceptors (Lipinski definition) is 10. The van der Waals surface area contributed by atoms with E-state index in [4.69, 9.17) is 4.74 Å². The second-order valence-corrected chi connectivity index (χ2v) is 15.4. The zero-order chi connectivity index (χ0) is 32.1. The van der Waals surface area contributed by atoms with Gasteiger partial charge in [-0.1, -0.05) is 13.8 Å². The number of piperidine rings is 1. The van der Waals surface area contributed by atoms with Crippen molar-refractivity contribution in [3.8, 4) is 22.8 Å². The van der Waals surface area contributed by atoms with E-state index in [1.807, 2.05) is 0 Å². The maximum absolute atomic E-state index is 14.6. The molecule has 0 unspecified atom stereocenters. The van der Waals surface area contributed by atoms with Crippen LogP contribution in [0.25, 0.3) is 11.1 Å². The summed E-state index contributed by atoms with van der Waals surface area (Å²) < 4.78 is 21.0. The Hall–Kier alpha value is -3.28. The van der Waals surface area contributed by atoms with Crippen LogP contribution in [-0.4, -0.2) is 98.0 Å². The van der Waals surface area contributed by atoms with Gasteiger partial charge in [0.1, 0.15) is 24.2 Å². The van der Waals surface area contributed by atoms with E-state index in [1.165, 1.54) is 44.4 Å². The molecule has 11 heteroatoms. The predicted octanol–water partition coefficient (Wildman–Crippen LogP) is 5.16. The van der Waals surface area contributed by atoms with Crippen molar-refractivity contribution in [2.24, 2.45) is 23.2 Å². The lowest BCUT2D eigenvalue weighted by molar-refractivity contribution is -0.0624. The lowest BCUT2D eigenvalue weighted by atomic mass is 9.73. The average molecular weight is 643 g/mol. The van der Waals surface area contributed by atoms with Gasteiger partial charge in [0.05, 0.1) is 11.8 Å². The van der Waals surface area contributed by atoms with Gasteiger partial charge in [-0.05, 0) is 94.0 Å². The minimum atomic E-state index is -0.342. The van der Waals surface area contributed by atoms with Crippen LogP contribution in [0.3, 0.4) is 0 Å². The summed E-state index contributed by atoms with van der Waals surface area (Å²) in [7, 11) is 0. The molecule has 2 aliphatic carbocycles. The second-order valence-electron chi connectivity index (χ2n) is 15.4. The van der Waals surface area contributed by atoms with E-state index in [0.29, 0.717) is 46.8 Å². The van der Waals surface area contributed by atoms with Crippen molar-refractivity contribution in [1.82, 2.24) is 34.9 Å². The molecule has 250 valence electrons. The van der Waals surface area contributed by atoms with Crippen LogP contribution in [-0.2, 0) is 0 Å². The van der Waals surface area contributed by atoms with E-state index in [1.54, 1.807) is 18.6 Å². The number of aliphatic hydroxyl groups excluding tert-OH is 1. The Kier molecular flexibility index (Phi) is 8.34. The van der Waals surface area contributed by atoms with Crippen LogP contribution in [0.5, 0.6) is 11.6 Å². The molecule has 1 aromatic carbocycles. The first-order valence-corrected chi connectivity index (χ1v) is 17.7. The van der Waals surface area contributed by atoms with Crippen molar-refractivity contribution in [3.63, 3.8) is 0 Å². The number of rotatable bonds is 10. The van der Waals surface area contributed by atoms with E-state index in [9.17, 15) is 9.50 Å². The quantitative estimate of drug-likeness (QED) is 0.319. The molecule has 8 rings (SSSR count). The largest absolute Gasteiger partial charge is 0.434 e. The molecule has 5 heterocycles. The third kappa shape index (κ3) is 6.34. The Balaban J connectivity index is 0.932. The van der Waals surface area contributed by atoms with Crippen molar-refractivity contribution < 1.29 is 14.2 Å². The highest BCUT2D eigenvalue weighted by molar-refractivity contribution is 5.73. The zero-order valence-corrected chi connectivity index (χ0v) is 27.6. The summed E-state index contributed by atoms with van der Waals surface area (Å²) in [5.74, 6) is 3.59. The summed E-state index contributed by atoms with van der Waals surface area (Å²) in [6, 6.07) is 5.16. The van der Waals surface area contributed by atoms with Crippen LogP contribution in [0, 0.1) is 29.0 Å². The third-order valence-corrected chi connectivity index (χ3v) is 11.5. The number of benzene rings is 1. The van der Waals surface area contributed by atoms with E-state index in [-0.39, 0.29) is 17.3 Å². The molecule has 1 N–H and O–H groups in total. The summed E-state index contributed by atoms with van der Waals surface area (Å²) in [6.07, 6.45) is 12.5. The van der Waals surface area contributed by atoms with Gasteiger partial charge in [-0.25, -0.2) is 19.3 Å². The van der Waals surface area contributed by atoms with Crippen molar-refractivity contribution in [3.05, 3.63) is 48.6 Å². The molecule has 0 bridgehead atoms. The fraction of sp³-hybridized carbons (Fsp3) is 0.639. The topological polar surface area (TPSA) is 104 Å². The van der Waals surface area contributed by atoms with E-state index in [0.717, 1.165) is 82.0 Å². The van der Waals surface area contributed by atoms with Crippen LogP contribution in [0.2, 0.25) is 0 Å². The monoisotopic (exact) mass is 642 g/mol.